The van der Waals surface area contributed by atoms with E-state index in [0.717, 1.165) is 12.1 Å². The number of aryl methyl sites for hydroxylation is 1. The average Bonchev–Trinajstić information content (AvgIpc) is 2.81. The molecule has 0 saturated carbocycles. The minimum Gasteiger partial charge on any atom is -0.265 e. The Balaban J connectivity index is -0.000000269. The van der Waals surface area contributed by atoms with Crippen molar-refractivity contribution in [2.24, 2.45) is 0 Å². The van der Waals surface area contributed by atoms with Crippen molar-refractivity contribution in [2.45, 2.75) is 54.9 Å². The second-order valence-corrected chi connectivity index (χ2v) is 3.72. The van der Waals surface area contributed by atoms with E-state index in [1.165, 1.54) is 0 Å². The molecule has 0 fully saturated rings. The van der Waals surface area contributed by atoms with Crippen LogP contribution in [0.4, 0.5) is 0 Å². The van der Waals surface area contributed by atoms with E-state index >= 15 is 0 Å². The zero-order valence-electron chi connectivity index (χ0n) is 17.6. The van der Waals surface area contributed by atoms with Gasteiger partial charge in [0.2, 0.25) is 0 Å². The molecular formula is C23H37N3. The Bertz CT molecular complexity index is 429. The molecule has 0 aliphatic heterocycles. The molecule has 3 aromatic rings. The molecule has 0 atom stereocenters. The summed E-state index contributed by atoms with van der Waals surface area (Å²) < 4.78 is 0. The third-order valence-corrected chi connectivity index (χ3v) is 2.22. The minimum atomic E-state index is 1.03. The van der Waals surface area contributed by atoms with Crippen LogP contribution in [0, 0.1) is 0 Å². The lowest BCUT2D eigenvalue weighted by Crippen LogP contribution is -1.81. The highest BCUT2D eigenvalue weighted by molar-refractivity contribution is 5.02. The van der Waals surface area contributed by atoms with Crippen molar-refractivity contribution in [3.63, 3.8) is 0 Å². The molecule has 0 spiro atoms. The van der Waals surface area contributed by atoms with Crippen molar-refractivity contribution in [1.82, 2.24) is 15.0 Å². The summed E-state index contributed by atoms with van der Waals surface area (Å²) >= 11 is 0. The van der Waals surface area contributed by atoms with Gasteiger partial charge in [0.1, 0.15) is 0 Å². The summed E-state index contributed by atoms with van der Waals surface area (Å²) in [4.78, 5) is 11.7. The summed E-state index contributed by atoms with van der Waals surface area (Å²) in [6, 6.07) is 17.4. The van der Waals surface area contributed by atoms with Crippen LogP contribution < -0.4 is 0 Å². The van der Waals surface area contributed by atoms with Crippen LogP contribution in [0.25, 0.3) is 0 Å². The lowest BCUT2D eigenvalue weighted by Gasteiger charge is -1.88. The summed E-state index contributed by atoms with van der Waals surface area (Å²) in [5.74, 6) is 0. The molecule has 0 aliphatic carbocycles. The van der Waals surface area contributed by atoms with Crippen LogP contribution in [-0.2, 0) is 6.42 Å². The Kier molecular flexibility index (Phi) is 33.0. The molecule has 26 heavy (non-hydrogen) atoms. The van der Waals surface area contributed by atoms with E-state index in [2.05, 4.69) is 21.9 Å². The monoisotopic (exact) mass is 355 g/mol. The molecule has 0 bridgehead atoms. The first-order valence-electron chi connectivity index (χ1n) is 9.53. The first kappa shape index (κ1) is 28.3. The largest absolute Gasteiger partial charge is 0.265 e. The predicted octanol–water partition coefficient (Wildman–Crippen LogP) is 6.89. The van der Waals surface area contributed by atoms with Crippen LogP contribution in [-0.4, -0.2) is 15.0 Å². The average molecular weight is 356 g/mol. The van der Waals surface area contributed by atoms with E-state index < -0.39 is 0 Å². The van der Waals surface area contributed by atoms with Crippen molar-refractivity contribution < 1.29 is 0 Å². The van der Waals surface area contributed by atoms with E-state index in [1.807, 2.05) is 102 Å². The first-order chi connectivity index (χ1) is 12.9. The van der Waals surface area contributed by atoms with Gasteiger partial charge in [-0.15, -0.1) is 0 Å². The smallest absolute Gasteiger partial charge is 0.0400 e. The molecule has 0 aliphatic rings. The minimum absolute atomic E-state index is 1.03. The maximum absolute atomic E-state index is 4.10. The third-order valence-electron chi connectivity index (χ3n) is 2.22. The molecule has 0 aromatic carbocycles. The normalized spacial score (nSPS) is 7.19. The van der Waals surface area contributed by atoms with E-state index in [4.69, 9.17) is 0 Å². The zero-order chi connectivity index (χ0) is 20.3. The lowest BCUT2D eigenvalue weighted by molar-refractivity contribution is 1.04. The van der Waals surface area contributed by atoms with E-state index in [-0.39, 0.29) is 0 Å². The zero-order valence-corrected chi connectivity index (χ0v) is 17.6. The summed E-state index contributed by atoms with van der Waals surface area (Å²) in [6.07, 6.45) is 9.85. The Morgan fingerprint density at radius 2 is 0.923 bits per heavy atom. The molecule has 3 rings (SSSR count). The van der Waals surface area contributed by atoms with Gasteiger partial charge in [0.05, 0.1) is 0 Å². The highest BCUT2D eigenvalue weighted by Crippen LogP contribution is 1.91. The molecule has 0 saturated heterocycles. The molecule has 0 unspecified atom stereocenters. The van der Waals surface area contributed by atoms with Gasteiger partial charge in [-0.05, 0) is 42.8 Å². The highest BCUT2D eigenvalue weighted by atomic mass is 14.7. The lowest BCUT2D eigenvalue weighted by atomic mass is 10.3. The fourth-order valence-electron chi connectivity index (χ4n) is 1.23. The molecule has 144 valence electrons. The topological polar surface area (TPSA) is 38.7 Å². The van der Waals surface area contributed by atoms with Crippen LogP contribution in [0.5, 0.6) is 0 Å². The van der Waals surface area contributed by atoms with Crippen molar-refractivity contribution in [3.8, 4) is 0 Å². The number of hydrogen-bond donors (Lipinski definition) is 0. The quantitative estimate of drug-likeness (QED) is 0.477. The van der Waals surface area contributed by atoms with E-state index in [9.17, 15) is 0 Å². The molecule has 0 N–H and O–H groups in total. The van der Waals surface area contributed by atoms with Crippen molar-refractivity contribution in [1.29, 1.82) is 0 Å². The maximum atomic E-state index is 4.10. The Labute approximate surface area is 161 Å². The maximum Gasteiger partial charge on any atom is 0.0400 e. The predicted molar refractivity (Wildman–Crippen MR) is 116 cm³/mol. The van der Waals surface area contributed by atoms with Gasteiger partial charge in [-0.1, -0.05) is 66.7 Å². The molecule has 3 nitrogen and oxygen atoms in total. The van der Waals surface area contributed by atoms with Gasteiger partial charge < -0.3 is 0 Å². The van der Waals surface area contributed by atoms with Gasteiger partial charge in [-0.2, -0.15) is 0 Å². The van der Waals surface area contributed by atoms with Crippen LogP contribution in [0.1, 0.15) is 54.2 Å². The summed E-state index contributed by atoms with van der Waals surface area (Å²) in [7, 11) is 0. The number of hydrogen-bond acceptors (Lipinski definition) is 3. The fourth-order valence-corrected chi connectivity index (χ4v) is 1.23. The Hall–Kier alpha value is -2.55. The molecule has 3 heterocycles. The van der Waals surface area contributed by atoms with Gasteiger partial charge in [0, 0.05) is 36.7 Å². The summed E-state index contributed by atoms with van der Waals surface area (Å²) in [6.45, 7) is 14.1. The first-order valence-corrected chi connectivity index (χ1v) is 9.53. The van der Waals surface area contributed by atoms with E-state index in [1.54, 1.807) is 24.8 Å². The van der Waals surface area contributed by atoms with Gasteiger partial charge in [-0.25, -0.2) is 0 Å². The SMILES string of the molecule is CC.CC.CC.CCc1ccccn1.c1ccncc1.c1ccncc1. The van der Waals surface area contributed by atoms with Gasteiger partial charge >= 0.3 is 0 Å². The molecule has 0 amide bonds. The second kappa shape index (κ2) is 30.3. The molecule has 0 radical (unpaired) electrons. The molecule has 3 aromatic heterocycles. The van der Waals surface area contributed by atoms with Crippen LogP contribution in [0.15, 0.2) is 85.6 Å². The van der Waals surface area contributed by atoms with E-state index in [0.29, 0.717) is 0 Å². The fraction of sp³-hybridized carbons (Fsp3) is 0.348. The second-order valence-electron chi connectivity index (χ2n) is 3.72. The van der Waals surface area contributed by atoms with Crippen LogP contribution in [0.3, 0.4) is 0 Å². The number of pyridine rings is 3. The van der Waals surface area contributed by atoms with Gasteiger partial charge in [0.25, 0.3) is 0 Å². The van der Waals surface area contributed by atoms with Crippen molar-refractivity contribution >= 4 is 0 Å². The molecule has 3 heteroatoms. The highest BCUT2D eigenvalue weighted by Gasteiger charge is 1.81. The Morgan fingerprint density at radius 1 is 0.538 bits per heavy atom. The third kappa shape index (κ3) is 23.7. The number of rotatable bonds is 1. The van der Waals surface area contributed by atoms with Gasteiger partial charge in [-0.3, -0.25) is 15.0 Å². The summed E-state index contributed by atoms with van der Waals surface area (Å²) in [5.41, 5.74) is 1.16. The Morgan fingerprint density at radius 3 is 1.08 bits per heavy atom. The van der Waals surface area contributed by atoms with Crippen molar-refractivity contribution in [2.75, 3.05) is 0 Å². The number of nitrogens with zero attached hydrogens (tertiary/aromatic N) is 3. The van der Waals surface area contributed by atoms with Crippen molar-refractivity contribution in [3.05, 3.63) is 91.3 Å². The summed E-state index contributed by atoms with van der Waals surface area (Å²) in [5, 5.41) is 0. The van der Waals surface area contributed by atoms with Gasteiger partial charge in [0.15, 0.2) is 0 Å². The molecular weight excluding hydrogens is 318 g/mol. The number of aromatic nitrogens is 3. The van der Waals surface area contributed by atoms with Crippen LogP contribution >= 0.6 is 0 Å². The standard InChI is InChI=1S/C7H9N.2C5H5N.3C2H6/c1-2-7-5-3-4-6-8-7;2*1-2-4-6-5-3-1;3*1-2/h3-6H,2H2,1H3;2*1-5H;3*1-2H3. The van der Waals surface area contributed by atoms with Crippen LogP contribution in [0.2, 0.25) is 0 Å².